The van der Waals surface area contributed by atoms with E-state index in [1.165, 1.54) is 6.07 Å². The Kier molecular flexibility index (Phi) is 2.80. The molecule has 18 heavy (non-hydrogen) atoms. The molecule has 0 amide bonds. The second-order valence-corrected chi connectivity index (χ2v) is 6.52. The SMILES string of the molecule is Cc1cc2c(c(S(=O)(=O)N=C=O)c1)OC(C)(C)C2. The number of hydrogen-bond acceptors (Lipinski definition) is 4. The molecule has 0 unspecified atom stereocenters. The summed E-state index contributed by atoms with van der Waals surface area (Å²) in [4.78, 5) is 10.1. The van der Waals surface area contributed by atoms with Crippen LogP contribution in [0.5, 0.6) is 5.75 Å². The molecular weight excluding hydrogens is 254 g/mol. The van der Waals surface area contributed by atoms with Gasteiger partial charge < -0.3 is 4.74 Å². The highest BCUT2D eigenvalue weighted by Gasteiger charge is 2.35. The summed E-state index contributed by atoms with van der Waals surface area (Å²) in [5, 5.41) is 0. The van der Waals surface area contributed by atoms with Crippen molar-refractivity contribution in [2.24, 2.45) is 4.40 Å². The molecule has 96 valence electrons. The van der Waals surface area contributed by atoms with E-state index in [-0.39, 0.29) is 4.90 Å². The summed E-state index contributed by atoms with van der Waals surface area (Å²) in [7, 11) is -4.03. The van der Waals surface area contributed by atoms with Crippen molar-refractivity contribution in [2.75, 3.05) is 0 Å². The molecule has 2 rings (SSSR count). The Hall–Kier alpha value is -1.65. The zero-order chi connectivity index (χ0) is 13.6. The van der Waals surface area contributed by atoms with E-state index in [9.17, 15) is 13.2 Å². The highest BCUT2D eigenvalue weighted by atomic mass is 32.2. The quantitative estimate of drug-likeness (QED) is 0.604. The molecule has 0 saturated carbocycles. The lowest BCUT2D eigenvalue weighted by Crippen LogP contribution is -2.25. The van der Waals surface area contributed by atoms with Gasteiger partial charge in [-0.3, -0.25) is 0 Å². The molecule has 0 spiro atoms. The van der Waals surface area contributed by atoms with Gasteiger partial charge in [-0.15, -0.1) is 0 Å². The molecule has 1 aliphatic rings. The van der Waals surface area contributed by atoms with Crippen LogP contribution in [-0.2, 0) is 21.2 Å². The Bertz CT molecular complexity index is 655. The highest BCUT2D eigenvalue weighted by molar-refractivity contribution is 7.90. The molecule has 0 aromatic heterocycles. The van der Waals surface area contributed by atoms with Crippen molar-refractivity contribution in [3.8, 4) is 5.75 Å². The van der Waals surface area contributed by atoms with Gasteiger partial charge in [0, 0.05) is 6.42 Å². The van der Waals surface area contributed by atoms with E-state index in [2.05, 4.69) is 4.40 Å². The average molecular weight is 267 g/mol. The number of nitrogens with zero attached hydrogens (tertiary/aromatic N) is 1. The van der Waals surface area contributed by atoms with Gasteiger partial charge in [-0.1, -0.05) is 10.5 Å². The molecule has 0 radical (unpaired) electrons. The molecule has 0 N–H and O–H groups in total. The van der Waals surface area contributed by atoms with Gasteiger partial charge in [0.25, 0.3) is 16.1 Å². The minimum Gasteiger partial charge on any atom is -0.486 e. The fourth-order valence-electron chi connectivity index (χ4n) is 2.12. The van der Waals surface area contributed by atoms with Crippen molar-refractivity contribution in [3.05, 3.63) is 23.3 Å². The first kappa shape index (κ1) is 12.8. The average Bonchev–Trinajstić information content (AvgIpc) is 2.50. The third-order valence-corrected chi connectivity index (χ3v) is 3.88. The third kappa shape index (κ3) is 2.17. The van der Waals surface area contributed by atoms with Crippen LogP contribution in [0.1, 0.15) is 25.0 Å². The van der Waals surface area contributed by atoms with Gasteiger partial charge in [-0.25, -0.2) is 4.79 Å². The Labute approximate surface area is 106 Å². The number of hydrogen-bond donors (Lipinski definition) is 0. The predicted molar refractivity (Wildman–Crippen MR) is 64.9 cm³/mol. The van der Waals surface area contributed by atoms with Crippen LogP contribution in [0, 0.1) is 6.92 Å². The van der Waals surface area contributed by atoms with Gasteiger partial charge in [0.2, 0.25) is 0 Å². The van der Waals surface area contributed by atoms with E-state index < -0.39 is 15.6 Å². The second-order valence-electron chi connectivity index (χ2n) is 4.95. The fraction of sp³-hybridized carbons (Fsp3) is 0.417. The molecule has 5 nitrogen and oxygen atoms in total. The van der Waals surface area contributed by atoms with Gasteiger partial charge >= 0.3 is 0 Å². The molecule has 1 aromatic carbocycles. The summed E-state index contributed by atoms with van der Waals surface area (Å²) < 4.78 is 32.2. The zero-order valence-electron chi connectivity index (χ0n) is 10.4. The molecular formula is C12H13NO4S. The summed E-state index contributed by atoms with van der Waals surface area (Å²) in [5.74, 6) is 0.296. The molecule has 6 heteroatoms. The van der Waals surface area contributed by atoms with Crippen molar-refractivity contribution in [2.45, 2.75) is 37.7 Å². The van der Waals surface area contributed by atoms with E-state index >= 15 is 0 Å². The summed E-state index contributed by atoms with van der Waals surface area (Å²) in [6.07, 6.45) is 1.69. The van der Waals surface area contributed by atoms with Crippen molar-refractivity contribution < 1.29 is 17.9 Å². The lowest BCUT2D eigenvalue weighted by atomic mass is 10.0. The number of carbonyl (C=O) groups excluding carboxylic acids is 1. The van der Waals surface area contributed by atoms with E-state index in [4.69, 9.17) is 4.74 Å². The first-order valence-corrected chi connectivity index (χ1v) is 6.86. The smallest absolute Gasteiger partial charge is 0.296 e. The maximum atomic E-state index is 11.8. The first-order chi connectivity index (χ1) is 8.25. The van der Waals surface area contributed by atoms with Crippen LogP contribution in [0.3, 0.4) is 0 Å². The maximum absolute atomic E-state index is 11.8. The number of aryl methyl sites for hydroxylation is 1. The van der Waals surface area contributed by atoms with Crippen molar-refractivity contribution in [1.29, 1.82) is 0 Å². The van der Waals surface area contributed by atoms with Crippen molar-refractivity contribution in [3.63, 3.8) is 0 Å². The van der Waals surface area contributed by atoms with E-state index in [0.29, 0.717) is 12.2 Å². The van der Waals surface area contributed by atoms with Gasteiger partial charge in [0.15, 0.2) is 0 Å². The number of ether oxygens (including phenoxy) is 1. The normalized spacial score (nSPS) is 16.6. The molecule has 0 fully saturated rings. The molecule has 1 aromatic rings. The standard InChI is InChI=1S/C12H13NO4S/c1-8-4-9-6-12(2,3)17-11(9)10(5-8)18(15,16)13-7-14/h4-5H,6H2,1-3H3. The molecule has 0 bridgehead atoms. The summed E-state index contributed by atoms with van der Waals surface area (Å²) in [5.41, 5.74) is 1.15. The number of isocyanates is 1. The Balaban J connectivity index is 2.69. The Morgan fingerprint density at radius 1 is 1.39 bits per heavy atom. The highest BCUT2D eigenvalue weighted by Crippen LogP contribution is 2.40. The first-order valence-electron chi connectivity index (χ1n) is 5.42. The predicted octanol–water partition coefficient (Wildman–Crippen LogP) is 1.73. The number of fused-ring (bicyclic) bond motifs is 1. The molecule has 0 saturated heterocycles. The van der Waals surface area contributed by atoms with Crippen LogP contribution in [0.4, 0.5) is 0 Å². The van der Waals surface area contributed by atoms with E-state index in [1.54, 1.807) is 6.92 Å². The summed E-state index contributed by atoms with van der Waals surface area (Å²) in [6, 6.07) is 3.34. The van der Waals surface area contributed by atoms with Gasteiger partial charge in [-0.2, -0.15) is 8.42 Å². The second kappa shape index (κ2) is 3.93. The molecule has 0 aliphatic carbocycles. The molecule has 1 heterocycles. The van der Waals surface area contributed by atoms with Gasteiger partial charge in [0.1, 0.15) is 16.2 Å². The lowest BCUT2D eigenvalue weighted by molar-refractivity contribution is 0.135. The minimum atomic E-state index is -4.03. The third-order valence-electron chi connectivity index (χ3n) is 2.71. The lowest BCUT2D eigenvalue weighted by Gasteiger charge is -2.17. The Morgan fingerprint density at radius 2 is 2.06 bits per heavy atom. The Morgan fingerprint density at radius 3 is 2.67 bits per heavy atom. The molecule has 1 aliphatic heterocycles. The zero-order valence-corrected chi connectivity index (χ0v) is 11.2. The fourth-order valence-corrected chi connectivity index (χ4v) is 3.06. The summed E-state index contributed by atoms with van der Waals surface area (Å²) >= 11 is 0. The monoisotopic (exact) mass is 267 g/mol. The van der Waals surface area contributed by atoms with Crippen LogP contribution in [-0.4, -0.2) is 20.1 Å². The van der Waals surface area contributed by atoms with Crippen molar-refractivity contribution >= 4 is 16.1 Å². The van der Waals surface area contributed by atoms with Crippen LogP contribution < -0.4 is 4.74 Å². The van der Waals surface area contributed by atoms with Crippen molar-refractivity contribution in [1.82, 2.24) is 0 Å². The minimum absolute atomic E-state index is 0.0635. The summed E-state index contributed by atoms with van der Waals surface area (Å²) in [6.45, 7) is 5.54. The van der Waals surface area contributed by atoms with E-state index in [1.807, 2.05) is 19.9 Å². The maximum Gasteiger partial charge on any atom is 0.296 e. The number of sulfonamides is 1. The van der Waals surface area contributed by atoms with Gasteiger partial charge in [0.05, 0.1) is 0 Å². The van der Waals surface area contributed by atoms with Crippen LogP contribution in [0.2, 0.25) is 0 Å². The van der Waals surface area contributed by atoms with Crippen LogP contribution >= 0.6 is 0 Å². The topological polar surface area (TPSA) is 72.8 Å². The van der Waals surface area contributed by atoms with Crippen LogP contribution in [0.25, 0.3) is 0 Å². The number of rotatable bonds is 2. The number of benzene rings is 1. The van der Waals surface area contributed by atoms with Crippen LogP contribution in [0.15, 0.2) is 21.4 Å². The largest absolute Gasteiger partial charge is 0.486 e. The van der Waals surface area contributed by atoms with Gasteiger partial charge in [-0.05, 0) is 38.0 Å². The molecule has 0 atom stereocenters. The van der Waals surface area contributed by atoms with E-state index in [0.717, 1.165) is 17.2 Å².